The van der Waals surface area contributed by atoms with Gasteiger partial charge in [0.1, 0.15) is 0 Å². The molecule has 0 spiro atoms. The van der Waals surface area contributed by atoms with E-state index in [2.05, 4.69) is 23.3 Å². The number of amides is 2. The Morgan fingerprint density at radius 1 is 1.12 bits per heavy atom. The van der Waals surface area contributed by atoms with Gasteiger partial charge in [0.2, 0.25) is 0 Å². The molecule has 0 fully saturated rings. The molecule has 2 amide bonds. The van der Waals surface area contributed by atoms with Gasteiger partial charge in [-0.15, -0.1) is 0 Å². The van der Waals surface area contributed by atoms with Gasteiger partial charge in [0, 0.05) is 23.6 Å². The van der Waals surface area contributed by atoms with Crippen molar-refractivity contribution in [3.63, 3.8) is 0 Å². The number of nitrogens with one attached hydrogen (secondary N) is 1. The van der Waals surface area contributed by atoms with Crippen LogP contribution >= 0.6 is 0 Å². The highest BCUT2D eigenvalue weighted by Crippen LogP contribution is 2.26. The molecule has 1 aromatic rings. The van der Waals surface area contributed by atoms with Crippen molar-refractivity contribution in [1.29, 1.82) is 0 Å². The molecule has 4 nitrogen and oxygen atoms in total. The molecule has 4 heteroatoms. The maximum Gasteiger partial charge on any atom is 0.272 e. The maximum absolute atomic E-state index is 12.2. The van der Waals surface area contributed by atoms with E-state index >= 15 is 0 Å². The molecule has 2 aliphatic rings. The van der Waals surface area contributed by atoms with Crippen LogP contribution in [0.4, 0.5) is 0 Å². The summed E-state index contributed by atoms with van der Waals surface area (Å²) in [5.41, 5.74) is 5.42. The Morgan fingerprint density at radius 2 is 1.88 bits per heavy atom. The summed E-state index contributed by atoms with van der Waals surface area (Å²) in [4.78, 5) is 28.7. The molecule has 25 heavy (non-hydrogen) atoms. The second-order valence-corrected chi connectivity index (χ2v) is 6.56. The lowest BCUT2D eigenvalue weighted by Crippen LogP contribution is -2.27. The Hall–Kier alpha value is -2.75. The molecule has 0 saturated carbocycles. The summed E-state index contributed by atoms with van der Waals surface area (Å²) in [6, 6.07) is 7.46. The third kappa shape index (κ3) is 3.68. The SMILES string of the molecule is CC1=CC2=NC(=O)C(CCNC(=O)c3ccccc3C)=CC2C=C1C. The summed E-state index contributed by atoms with van der Waals surface area (Å²) >= 11 is 0. The molecular formula is C21H22N2O2. The number of hydrogen-bond donors (Lipinski definition) is 1. The van der Waals surface area contributed by atoms with Crippen LogP contribution in [-0.2, 0) is 4.79 Å². The number of aryl methyl sites for hydroxylation is 1. The van der Waals surface area contributed by atoms with Crippen molar-refractivity contribution in [2.75, 3.05) is 6.54 Å². The van der Waals surface area contributed by atoms with E-state index in [-0.39, 0.29) is 17.7 Å². The number of carbonyl (C=O) groups excluding carboxylic acids is 2. The van der Waals surface area contributed by atoms with E-state index in [9.17, 15) is 9.59 Å². The maximum atomic E-state index is 12.2. The quantitative estimate of drug-likeness (QED) is 0.915. The van der Waals surface area contributed by atoms with Gasteiger partial charge in [-0.25, -0.2) is 4.99 Å². The van der Waals surface area contributed by atoms with Crippen LogP contribution in [0.3, 0.4) is 0 Å². The van der Waals surface area contributed by atoms with Crippen LogP contribution in [0.1, 0.15) is 36.2 Å². The topological polar surface area (TPSA) is 58.5 Å². The van der Waals surface area contributed by atoms with E-state index < -0.39 is 0 Å². The summed E-state index contributed by atoms with van der Waals surface area (Å²) in [5, 5.41) is 2.89. The summed E-state index contributed by atoms with van der Waals surface area (Å²) < 4.78 is 0. The number of aliphatic imine (C=N–C) groups is 1. The van der Waals surface area contributed by atoms with Crippen molar-refractivity contribution >= 4 is 17.5 Å². The van der Waals surface area contributed by atoms with E-state index in [0.717, 1.165) is 16.8 Å². The molecule has 1 aliphatic carbocycles. The van der Waals surface area contributed by atoms with Gasteiger partial charge in [-0.1, -0.05) is 35.9 Å². The average molecular weight is 334 g/mol. The molecule has 1 N–H and O–H groups in total. The van der Waals surface area contributed by atoms with Crippen molar-refractivity contribution in [2.45, 2.75) is 27.2 Å². The highest BCUT2D eigenvalue weighted by Gasteiger charge is 2.24. The Labute approximate surface area is 148 Å². The molecule has 1 atom stereocenters. The van der Waals surface area contributed by atoms with E-state index in [1.165, 1.54) is 5.57 Å². The van der Waals surface area contributed by atoms with Crippen LogP contribution in [0.5, 0.6) is 0 Å². The lowest BCUT2D eigenvalue weighted by atomic mass is 9.86. The van der Waals surface area contributed by atoms with Gasteiger partial charge < -0.3 is 5.32 Å². The number of fused-ring (bicyclic) bond motifs is 1. The Kier molecular flexibility index (Phi) is 4.79. The molecule has 0 aromatic heterocycles. The van der Waals surface area contributed by atoms with E-state index in [4.69, 9.17) is 0 Å². The predicted octanol–water partition coefficient (Wildman–Crippen LogP) is 3.54. The normalized spacial score (nSPS) is 19.3. The molecule has 0 saturated heterocycles. The number of dihydropyridines is 1. The fraction of sp³-hybridized carbons (Fsp3) is 0.286. The average Bonchev–Trinajstić information content (AvgIpc) is 2.57. The van der Waals surface area contributed by atoms with Crippen LogP contribution in [0.2, 0.25) is 0 Å². The van der Waals surface area contributed by atoms with E-state index in [0.29, 0.717) is 24.1 Å². The van der Waals surface area contributed by atoms with Gasteiger partial charge in [-0.2, -0.15) is 0 Å². The Morgan fingerprint density at radius 3 is 2.64 bits per heavy atom. The van der Waals surface area contributed by atoms with Crippen molar-refractivity contribution < 1.29 is 9.59 Å². The molecular weight excluding hydrogens is 312 g/mol. The minimum atomic E-state index is -0.201. The number of carbonyl (C=O) groups is 2. The molecule has 1 unspecified atom stereocenters. The number of hydrogen-bond acceptors (Lipinski definition) is 2. The Balaban J connectivity index is 1.63. The van der Waals surface area contributed by atoms with Crippen molar-refractivity contribution in [2.24, 2.45) is 10.9 Å². The summed E-state index contributed by atoms with van der Waals surface area (Å²) in [7, 11) is 0. The number of rotatable bonds is 4. The lowest BCUT2D eigenvalue weighted by Gasteiger charge is -2.22. The number of benzene rings is 1. The summed E-state index contributed by atoms with van der Waals surface area (Å²) in [5.74, 6) is -0.255. The van der Waals surface area contributed by atoms with Crippen LogP contribution in [-0.4, -0.2) is 24.1 Å². The van der Waals surface area contributed by atoms with E-state index in [1.54, 1.807) is 6.07 Å². The summed E-state index contributed by atoms with van der Waals surface area (Å²) in [6.07, 6.45) is 6.56. The molecule has 128 valence electrons. The number of nitrogens with zero attached hydrogens (tertiary/aromatic N) is 1. The summed E-state index contributed by atoms with van der Waals surface area (Å²) in [6.45, 7) is 6.41. The zero-order chi connectivity index (χ0) is 18.0. The second kappa shape index (κ2) is 7.01. The minimum absolute atomic E-state index is 0.0588. The zero-order valence-electron chi connectivity index (χ0n) is 14.8. The van der Waals surface area contributed by atoms with Crippen LogP contribution in [0.15, 0.2) is 64.2 Å². The first-order valence-electron chi connectivity index (χ1n) is 8.50. The van der Waals surface area contributed by atoms with E-state index in [1.807, 2.05) is 44.2 Å². The second-order valence-electron chi connectivity index (χ2n) is 6.56. The first-order valence-corrected chi connectivity index (χ1v) is 8.50. The number of allylic oxidation sites excluding steroid dienone is 5. The van der Waals surface area contributed by atoms with Gasteiger partial charge in [-0.3, -0.25) is 9.59 Å². The minimum Gasteiger partial charge on any atom is -0.352 e. The molecule has 1 aliphatic heterocycles. The van der Waals surface area contributed by atoms with Crippen molar-refractivity contribution in [3.8, 4) is 0 Å². The van der Waals surface area contributed by atoms with Crippen LogP contribution in [0, 0.1) is 12.8 Å². The highest BCUT2D eigenvalue weighted by molar-refractivity contribution is 6.13. The molecule has 0 radical (unpaired) electrons. The van der Waals surface area contributed by atoms with Crippen molar-refractivity contribution in [3.05, 3.63) is 70.3 Å². The van der Waals surface area contributed by atoms with Crippen LogP contribution in [0.25, 0.3) is 0 Å². The van der Waals surface area contributed by atoms with Gasteiger partial charge >= 0.3 is 0 Å². The fourth-order valence-electron chi connectivity index (χ4n) is 3.06. The largest absolute Gasteiger partial charge is 0.352 e. The third-order valence-corrected chi connectivity index (χ3v) is 4.71. The standard InChI is InChI=1S/C21H22N2O2/c1-13-6-4-5-7-18(13)21(25)22-9-8-16-12-17-10-14(2)15(3)11-19(17)23-20(16)24/h4-7,10-12,17H,8-9H2,1-3H3,(H,22,25). The van der Waals surface area contributed by atoms with Gasteiger partial charge in [0.25, 0.3) is 11.8 Å². The first-order chi connectivity index (χ1) is 12.0. The Bertz CT molecular complexity index is 856. The van der Waals surface area contributed by atoms with Crippen molar-refractivity contribution in [1.82, 2.24) is 5.32 Å². The third-order valence-electron chi connectivity index (χ3n) is 4.71. The monoisotopic (exact) mass is 334 g/mol. The molecule has 1 heterocycles. The van der Waals surface area contributed by atoms with Gasteiger partial charge in [0.15, 0.2) is 0 Å². The van der Waals surface area contributed by atoms with Crippen LogP contribution < -0.4 is 5.32 Å². The lowest BCUT2D eigenvalue weighted by molar-refractivity contribution is -0.114. The smallest absolute Gasteiger partial charge is 0.272 e. The molecule has 0 bridgehead atoms. The highest BCUT2D eigenvalue weighted by atomic mass is 16.2. The predicted molar refractivity (Wildman–Crippen MR) is 99.7 cm³/mol. The van der Waals surface area contributed by atoms with Gasteiger partial charge in [0.05, 0.1) is 5.71 Å². The van der Waals surface area contributed by atoms with Gasteiger partial charge in [-0.05, 0) is 50.5 Å². The first kappa shape index (κ1) is 17.1. The molecule has 1 aromatic carbocycles. The zero-order valence-corrected chi connectivity index (χ0v) is 14.8. The molecule has 3 rings (SSSR count). The fourth-order valence-corrected chi connectivity index (χ4v) is 3.06.